The number of amides is 1. The van der Waals surface area contributed by atoms with Gasteiger partial charge in [-0.3, -0.25) is 4.79 Å². The maximum Gasteiger partial charge on any atom is 0.254 e. The van der Waals surface area contributed by atoms with Crippen LogP contribution in [0.5, 0.6) is 11.5 Å². The van der Waals surface area contributed by atoms with Crippen molar-refractivity contribution in [2.24, 2.45) is 0 Å². The molecule has 1 aliphatic heterocycles. The topological polar surface area (TPSA) is 76.2 Å². The summed E-state index contributed by atoms with van der Waals surface area (Å²) in [6.45, 7) is 4.19. The molecule has 2 aromatic carbocycles. The molecule has 1 saturated heterocycles. The lowest BCUT2D eigenvalue weighted by Crippen LogP contribution is -2.31. The highest BCUT2D eigenvalue weighted by Gasteiger charge is 2.33. The number of aryl methyl sites for hydroxylation is 1. The fourth-order valence-electron chi connectivity index (χ4n) is 4.01. The fourth-order valence-corrected chi connectivity index (χ4v) is 5.22. The molecule has 7 nitrogen and oxygen atoms in total. The van der Waals surface area contributed by atoms with Crippen molar-refractivity contribution >= 4 is 15.9 Å². The molecule has 8 heteroatoms. The van der Waals surface area contributed by atoms with Crippen molar-refractivity contribution in [3.8, 4) is 11.5 Å². The van der Waals surface area contributed by atoms with Crippen LogP contribution in [-0.4, -0.2) is 58.4 Å². The molecule has 0 bridgehead atoms. The third-order valence-electron chi connectivity index (χ3n) is 5.94. The van der Waals surface area contributed by atoms with Crippen molar-refractivity contribution in [3.05, 3.63) is 52.6 Å². The van der Waals surface area contributed by atoms with Gasteiger partial charge in [0, 0.05) is 37.8 Å². The lowest BCUT2D eigenvalue weighted by atomic mass is 10.0. The van der Waals surface area contributed by atoms with Crippen molar-refractivity contribution in [3.63, 3.8) is 0 Å². The smallest absolute Gasteiger partial charge is 0.254 e. The van der Waals surface area contributed by atoms with E-state index in [-0.39, 0.29) is 16.8 Å². The molecule has 3 rings (SSSR count). The molecule has 0 radical (unpaired) electrons. The van der Waals surface area contributed by atoms with Crippen LogP contribution in [0, 0.1) is 13.8 Å². The SMILES string of the molecule is COc1ccc(C2CCCN2C(=O)c2cc(C)c(C)c(S(=O)(=O)N(C)C)c2)c(OC)c1. The number of methoxy groups -OCH3 is 2. The third-order valence-corrected chi connectivity index (χ3v) is 7.88. The molecule has 0 aliphatic carbocycles. The van der Waals surface area contributed by atoms with E-state index in [9.17, 15) is 13.2 Å². The highest BCUT2D eigenvalue weighted by molar-refractivity contribution is 7.89. The van der Waals surface area contributed by atoms with Gasteiger partial charge in [-0.15, -0.1) is 0 Å². The number of rotatable bonds is 6. The Balaban J connectivity index is 2.02. The summed E-state index contributed by atoms with van der Waals surface area (Å²) in [5, 5.41) is 0. The standard InChI is InChI=1S/C23H30N2O5S/c1-15-12-17(13-22(16(15)2)31(27,28)24(3)4)23(26)25-11-7-8-20(25)19-10-9-18(29-5)14-21(19)30-6/h9-10,12-14,20H,7-8,11H2,1-6H3. The molecule has 1 unspecified atom stereocenters. The minimum absolute atomic E-state index is 0.149. The monoisotopic (exact) mass is 446 g/mol. The molecule has 1 aliphatic rings. The molecule has 0 aromatic heterocycles. The van der Waals surface area contributed by atoms with Gasteiger partial charge in [0.2, 0.25) is 10.0 Å². The molecule has 0 saturated carbocycles. The highest BCUT2D eigenvalue weighted by Crippen LogP contribution is 2.39. The van der Waals surface area contributed by atoms with Gasteiger partial charge in [-0.25, -0.2) is 12.7 Å². The van der Waals surface area contributed by atoms with Gasteiger partial charge in [-0.2, -0.15) is 0 Å². The van der Waals surface area contributed by atoms with E-state index in [2.05, 4.69) is 0 Å². The first-order valence-corrected chi connectivity index (χ1v) is 11.6. The second-order valence-electron chi connectivity index (χ2n) is 7.97. The third kappa shape index (κ3) is 4.27. The Hall–Kier alpha value is -2.58. The van der Waals surface area contributed by atoms with Gasteiger partial charge in [0.05, 0.1) is 25.2 Å². The number of hydrogen-bond acceptors (Lipinski definition) is 5. The minimum Gasteiger partial charge on any atom is -0.497 e. The van der Waals surface area contributed by atoms with Crippen molar-refractivity contribution in [2.45, 2.75) is 37.6 Å². The molecule has 1 amide bonds. The van der Waals surface area contributed by atoms with E-state index in [1.807, 2.05) is 25.1 Å². The van der Waals surface area contributed by atoms with Gasteiger partial charge < -0.3 is 14.4 Å². The number of hydrogen-bond donors (Lipinski definition) is 0. The number of likely N-dealkylation sites (tertiary alicyclic amines) is 1. The van der Waals surface area contributed by atoms with Crippen LogP contribution in [0.25, 0.3) is 0 Å². The van der Waals surface area contributed by atoms with Gasteiger partial charge in [0.25, 0.3) is 5.91 Å². The van der Waals surface area contributed by atoms with Crippen LogP contribution in [0.3, 0.4) is 0 Å². The van der Waals surface area contributed by atoms with E-state index in [4.69, 9.17) is 9.47 Å². The van der Waals surface area contributed by atoms with Gasteiger partial charge in [-0.05, 0) is 62.1 Å². The van der Waals surface area contributed by atoms with Crippen LogP contribution in [0.1, 0.15) is 45.9 Å². The van der Waals surface area contributed by atoms with Crippen LogP contribution in [0.4, 0.5) is 0 Å². The first kappa shape index (κ1) is 23.1. The summed E-state index contributed by atoms with van der Waals surface area (Å²) in [5.74, 6) is 1.17. The van der Waals surface area contributed by atoms with Crippen molar-refractivity contribution in [1.29, 1.82) is 0 Å². The zero-order chi connectivity index (χ0) is 22.9. The molecule has 1 heterocycles. The highest BCUT2D eigenvalue weighted by atomic mass is 32.2. The number of sulfonamides is 1. The molecule has 1 atom stereocenters. The van der Waals surface area contributed by atoms with E-state index in [0.29, 0.717) is 29.2 Å². The van der Waals surface area contributed by atoms with Gasteiger partial charge >= 0.3 is 0 Å². The fraction of sp³-hybridized carbons (Fsp3) is 0.435. The van der Waals surface area contributed by atoms with Crippen molar-refractivity contribution in [2.75, 3.05) is 34.9 Å². The molecule has 2 aromatic rings. The van der Waals surface area contributed by atoms with Crippen LogP contribution >= 0.6 is 0 Å². The average Bonchev–Trinajstić information content (AvgIpc) is 3.23. The Kier molecular flexibility index (Phi) is 6.62. The molecule has 168 valence electrons. The summed E-state index contributed by atoms with van der Waals surface area (Å²) in [5.41, 5.74) is 2.71. The summed E-state index contributed by atoms with van der Waals surface area (Å²) in [6.07, 6.45) is 1.67. The predicted octanol–water partition coefficient (Wildman–Crippen LogP) is 3.55. The van der Waals surface area contributed by atoms with Crippen molar-refractivity contribution in [1.82, 2.24) is 9.21 Å². The summed E-state index contributed by atoms with van der Waals surface area (Å²) in [4.78, 5) is 15.5. The van der Waals surface area contributed by atoms with E-state index in [1.165, 1.54) is 24.5 Å². The zero-order valence-corrected chi connectivity index (χ0v) is 19.7. The summed E-state index contributed by atoms with van der Waals surface area (Å²) in [7, 11) is 2.51. The number of benzene rings is 2. The number of ether oxygens (including phenoxy) is 2. The second kappa shape index (κ2) is 8.88. The van der Waals surface area contributed by atoms with E-state index < -0.39 is 10.0 Å². The second-order valence-corrected chi connectivity index (χ2v) is 10.1. The van der Waals surface area contributed by atoms with Crippen LogP contribution in [0.2, 0.25) is 0 Å². The molecular weight excluding hydrogens is 416 g/mol. The lowest BCUT2D eigenvalue weighted by Gasteiger charge is -2.27. The van der Waals surface area contributed by atoms with Crippen LogP contribution in [-0.2, 0) is 10.0 Å². The van der Waals surface area contributed by atoms with E-state index in [1.54, 1.807) is 32.1 Å². The first-order valence-electron chi connectivity index (χ1n) is 10.2. The molecule has 0 spiro atoms. The van der Waals surface area contributed by atoms with Crippen LogP contribution in [0.15, 0.2) is 35.2 Å². The van der Waals surface area contributed by atoms with Crippen LogP contribution < -0.4 is 9.47 Å². The normalized spacial score (nSPS) is 16.6. The Bertz CT molecular complexity index is 1100. The molecule has 31 heavy (non-hydrogen) atoms. The summed E-state index contributed by atoms with van der Waals surface area (Å²) >= 11 is 0. The Morgan fingerprint density at radius 3 is 2.42 bits per heavy atom. The summed E-state index contributed by atoms with van der Waals surface area (Å²) < 4.78 is 37.6. The molecule has 1 fully saturated rings. The quantitative estimate of drug-likeness (QED) is 0.678. The maximum atomic E-state index is 13.5. The first-order chi connectivity index (χ1) is 14.6. The van der Waals surface area contributed by atoms with Gasteiger partial charge in [0.15, 0.2) is 0 Å². The zero-order valence-electron chi connectivity index (χ0n) is 18.9. The number of nitrogens with zero attached hydrogens (tertiary/aromatic N) is 2. The van der Waals surface area contributed by atoms with E-state index >= 15 is 0 Å². The maximum absolute atomic E-state index is 13.5. The Morgan fingerprint density at radius 1 is 1.10 bits per heavy atom. The number of carbonyl (C=O) groups is 1. The summed E-state index contributed by atoms with van der Waals surface area (Å²) in [6, 6.07) is 8.72. The van der Waals surface area contributed by atoms with Gasteiger partial charge in [-0.1, -0.05) is 0 Å². The average molecular weight is 447 g/mol. The number of carbonyl (C=O) groups excluding carboxylic acids is 1. The lowest BCUT2D eigenvalue weighted by molar-refractivity contribution is 0.0734. The largest absolute Gasteiger partial charge is 0.497 e. The van der Waals surface area contributed by atoms with E-state index in [0.717, 1.165) is 24.0 Å². The molecule has 0 N–H and O–H groups in total. The van der Waals surface area contributed by atoms with Crippen molar-refractivity contribution < 1.29 is 22.7 Å². The molecular formula is C23H30N2O5S. The predicted molar refractivity (Wildman–Crippen MR) is 119 cm³/mol. The Morgan fingerprint density at radius 2 is 1.81 bits per heavy atom. The Labute approximate surface area is 184 Å². The van der Waals surface area contributed by atoms with Gasteiger partial charge in [0.1, 0.15) is 11.5 Å². The minimum atomic E-state index is -3.66.